The Balaban J connectivity index is 1.57. The van der Waals surface area contributed by atoms with Gasteiger partial charge in [-0.3, -0.25) is 9.59 Å². The minimum absolute atomic E-state index is 0.0571. The lowest BCUT2D eigenvalue weighted by atomic mass is 10.1. The maximum Gasteiger partial charge on any atom is 0.231 e. The first-order valence-electron chi connectivity index (χ1n) is 9.11. The molecule has 1 aromatic carbocycles. The minimum Gasteiger partial charge on any atom is -0.497 e. The number of nitrogens with one attached hydrogen (secondary N) is 1. The molecule has 1 fully saturated rings. The van der Waals surface area contributed by atoms with Crippen LogP contribution in [0.2, 0.25) is 0 Å². The van der Waals surface area contributed by atoms with Crippen molar-refractivity contribution in [2.75, 3.05) is 25.5 Å². The monoisotopic (exact) mass is 387 g/mol. The fourth-order valence-electron chi connectivity index (χ4n) is 3.20. The van der Waals surface area contributed by atoms with Crippen molar-refractivity contribution < 1.29 is 14.3 Å². The maximum atomic E-state index is 12.5. The Labute approximate surface area is 163 Å². The van der Waals surface area contributed by atoms with Gasteiger partial charge in [0, 0.05) is 37.0 Å². The average molecular weight is 388 g/mol. The van der Waals surface area contributed by atoms with Crippen LogP contribution in [0, 0.1) is 11.8 Å². The van der Waals surface area contributed by atoms with E-state index in [0.29, 0.717) is 24.1 Å². The lowest BCUT2D eigenvalue weighted by molar-refractivity contribution is -0.128. The molecule has 0 bridgehead atoms. The Morgan fingerprint density at radius 1 is 1.44 bits per heavy atom. The number of hydrogen-bond acceptors (Lipinski definition) is 5. The number of likely N-dealkylation sites (tertiary alicyclic amines) is 1. The molecule has 0 spiro atoms. The van der Waals surface area contributed by atoms with Gasteiger partial charge in [-0.1, -0.05) is 26.0 Å². The van der Waals surface area contributed by atoms with Crippen molar-refractivity contribution >= 4 is 28.3 Å². The number of carbonyl (C=O) groups is 2. The predicted octanol–water partition coefficient (Wildman–Crippen LogP) is 3.19. The van der Waals surface area contributed by atoms with E-state index in [4.69, 9.17) is 4.74 Å². The van der Waals surface area contributed by atoms with Crippen LogP contribution in [-0.4, -0.2) is 41.9 Å². The number of amides is 2. The third-order valence-electron chi connectivity index (χ3n) is 4.47. The van der Waals surface area contributed by atoms with Gasteiger partial charge in [-0.05, 0) is 23.6 Å². The standard InChI is InChI=1S/C20H25N3O3S/c1-13(2)11-23-12-15(9-18(23)24)19(25)22-20-21-10-17(27-20)8-14-5-4-6-16(7-14)26-3/h4-7,10,13,15H,8-9,11-12H2,1-3H3,(H,21,22,25). The highest BCUT2D eigenvalue weighted by molar-refractivity contribution is 7.15. The molecule has 7 heteroatoms. The zero-order chi connectivity index (χ0) is 19.4. The second kappa shape index (κ2) is 8.52. The largest absolute Gasteiger partial charge is 0.497 e. The summed E-state index contributed by atoms with van der Waals surface area (Å²) in [5, 5.41) is 3.45. The van der Waals surface area contributed by atoms with Crippen molar-refractivity contribution in [3.8, 4) is 5.75 Å². The molecule has 0 aliphatic carbocycles. The topological polar surface area (TPSA) is 71.5 Å². The highest BCUT2D eigenvalue weighted by atomic mass is 32.1. The van der Waals surface area contributed by atoms with E-state index < -0.39 is 0 Å². The minimum atomic E-state index is -0.304. The quantitative estimate of drug-likeness (QED) is 0.792. The van der Waals surface area contributed by atoms with E-state index in [0.717, 1.165) is 22.6 Å². The van der Waals surface area contributed by atoms with Crippen LogP contribution in [0.4, 0.5) is 5.13 Å². The van der Waals surface area contributed by atoms with Crippen LogP contribution in [0.1, 0.15) is 30.7 Å². The van der Waals surface area contributed by atoms with Crippen molar-refractivity contribution in [1.29, 1.82) is 0 Å². The summed E-state index contributed by atoms with van der Waals surface area (Å²) >= 11 is 1.46. The Hall–Kier alpha value is -2.41. The van der Waals surface area contributed by atoms with E-state index in [-0.39, 0.29) is 24.2 Å². The lowest BCUT2D eigenvalue weighted by Crippen LogP contribution is -2.31. The number of benzene rings is 1. The van der Waals surface area contributed by atoms with Gasteiger partial charge in [-0.15, -0.1) is 11.3 Å². The summed E-state index contributed by atoms with van der Waals surface area (Å²) in [6.45, 7) is 5.33. The van der Waals surface area contributed by atoms with Crippen LogP contribution in [0.15, 0.2) is 30.5 Å². The molecule has 2 heterocycles. The number of nitrogens with zero attached hydrogens (tertiary/aromatic N) is 2. The number of aromatic nitrogens is 1. The SMILES string of the molecule is COc1cccc(Cc2cnc(NC(=O)C3CC(=O)N(CC(C)C)C3)s2)c1. The molecule has 1 N–H and O–H groups in total. The summed E-state index contributed by atoms with van der Waals surface area (Å²) in [4.78, 5) is 31.7. The summed E-state index contributed by atoms with van der Waals surface area (Å²) in [6, 6.07) is 7.89. The summed E-state index contributed by atoms with van der Waals surface area (Å²) in [6.07, 6.45) is 2.79. The van der Waals surface area contributed by atoms with Gasteiger partial charge in [-0.25, -0.2) is 4.98 Å². The van der Waals surface area contributed by atoms with Crippen LogP contribution in [0.25, 0.3) is 0 Å². The van der Waals surface area contributed by atoms with Crippen LogP contribution in [0.5, 0.6) is 5.75 Å². The summed E-state index contributed by atoms with van der Waals surface area (Å²) < 4.78 is 5.25. The van der Waals surface area contributed by atoms with Crippen LogP contribution < -0.4 is 10.1 Å². The van der Waals surface area contributed by atoms with Gasteiger partial charge in [0.2, 0.25) is 11.8 Å². The van der Waals surface area contributed by atoms with Crippen LogP contribution in [0.3, 0.4) is 0 Å². The van der Waals surface area contributed by atoms with Crippen LogP contribution >= 0.6 is 11.3 Å². The fraction of sp³-hybridized carbons (Fsp3) is 0.450. The lowest BCUT2D eigenvalue weighted by Gasteiger charge is -2.18. The smallest absolute Gasteiger partial charge is 0.231 e. The summed E-state index contributed by atoms with van der Waals surface area (Å²) in [7, 11) is 1.65. The Morgan fingerprint density at radius 3 is 3.00 bits per heavy atom. The Kier molecular flexibility index (Phi) is 6.11. The van der Waals surface area contributed by atoms with Gasteiger partial charge < -0.3 is 15.0 Å². The Bertz CT molecular complexity index is 818. The van der Waals surface area contributed by atoms with Gasteiger partial charge in [0.05, 0.1) is 13.0 Å². The predicted molar refractivity (Wildman–Crippen MR) is 106 cm³/mol. The highest BCUT2D eigenvalue weighted by Crippen LogP contribution is 2.25. The third kappa shape index (κ3) is 5.07. The van der Waals surface area contributed by atoms with E-state index in [9.17, 15) is 9.59 Å². The first kappa shape index (κ1) is 19.4. The van der Waals surface area contributed by atoms with Crippen LogP contribution in [-0.2, 0) is 16.0 Å². The molecule has 1 aromatic heterocycles. The van der Waals surface area contributed by atoms with E-state index in [1.165, 1.54) is 11.3 Å². The molecule has 2 amide bonds. The molecular weight excluding hydrogens is 362 g/mol. The molecule has 3 rings (SSSR count). The van der Waals surface area contributed by atoms with E-state index in [1.54, 1.807) is 18.2 Å². The molecule has 2 aromatic rings. The van der Waals surface area contributed by atoms with Gasteiger partial charge in [-0.2, -0.15) is 0 Å². The first-order chi connectivity index (χ1) is 12.9. The molecule has 1 aliphatic rings. The maximum absolute atomic E-state index is 12.5. The highest BCUT2D eigenvalue weighted by Gasteiger charge is 2.34. The van der Waals surface area contributed by atoms with E-state index >= 15 is 0 Å². The van der Waals surface area contributed by atoms with Crippen molar-refractivity contribution in [3.05, 3.63) is 40.9 Å². The fourth-order valence-corrected chi connectivity index (χ4v) is 4.05. The molecule has 1 aliphatic heterocycles. The molecular formula is C20H25N3O3S. The van der Waals surface area contributed by atoms with Gasteiger partial charge >= 0.3 is 0 Å². The molecule has 1 atom stereocenters. The molecule has 6 nitrogen and oxygen atoms in total. The Morgan fingerprint density at radius 2 is 2.26 bits per heavy atom. The van der Waals surface area contributed by atoms with Crippen molar-refractivity contribution in [2.24, 2.45) is 11.8 Å². The number of methoxy groups -OCH3 is 1. The number of ether oxygens (including phenoxy) is 1. The molecule has 27 heavy (non-hydrogen) atoms. The molecule has 1 unspecified atom stereocenters. The van der Waals surface area contributed by atoms with Crippen molar-refractivity contribution in [2.45, 2.75) is 26.7 Å². The second-order valence-electron chi connectivity index (χ2n) is 7.24. The average Bonchev–Trinajstić information content (AvgIpc) is 3.21. The third-order valence-corrected chi connectivity index (χ3v) is 5.38. The van der Waals surface area contributed by atoms with Gasteiger partial charge in [0.25, 0.3) is 0 Å². The van der Waals surface area contributed by atoms with Gasteiger partial charge in [0.15, 0.2) is 5.13 Å². The number of carbonyl (C=O) groups excluding carboxylic acids is 2. The number of rotatable bonds is 7. The molecule has 0 radical (unpaired) electrons. The van der Waals surface area contributed by atoms with E-state index in [2.05, 4.69) is 24.1 Å². The summed E-state index contributed by atoms with van der Waals surface area (Å²) in [5.74, 6) is 0.844. The normalized spacial score (nSPS) is 16.8. The van der Waals surface area contributed by atoms with E-state index in [1.807, 2.05) is 24.3 Å². The van der Waals surface area contributed by atoms with Crippen molar-refractivity contribution in [3.63, 3.8) is 0 Å². The zero-order valence-corrected chi connectivity index (χ0v) is 16.7. The van der Waals surface area contributed by atoms with Crippen molar-refractivity contribution in [1.82, 2.24) is 9.88 Å². The molecule has 0 saturated carbocycles. The van der Waals surface area contributed by atoms with Gasteiger partial charge in [0.1, 0.15) is 5.75 Å². The molecule has 144 valence electrons. The second-order valence-corrected chi connectivity index (χ2v) is 8.36. The first-order valence-corrected chi connectivity index (χ1v) is 9.92. The zero-order valence-electron chi connectivity index (χ0n) is 15.9. The summed E-state index contributed by atoms with van der Waals surface area (Å²) in [5.41, 5.74) is 1.13. The number of anilines is 1. The number of thiazole rings is 1. The number of hydrogen-bond donors (Lipinski definition) is 1. The molecule has 1 saturated heterocycles.